The van der Waals surface area contributed by atoms with Gasteiger partial charge in [0.1, 0.15) is 5.82 Å². The number of aromatic nitrogens is 1. The lowest BCUT2D eigenvalue weighted by Gasteiger charge is -2.12. The first kappa shape index (κ1) is 15.9. The van der Waals surface area contributed by atoms with Gasteiger partial charge < -0.3 is 9.88 Å². The van der Waals surface area contributed by atoms with Crippen LogP contribution in [0.15, 0.2) is 53.5 Å². The number of amides is 1. The average molecular weight is 302 g/mol. The Morgan fingerprint density at radius 3 is 2.82 bits per heavy atom. The second kappa shape index (κ2) is 7.54. The van der Waals surface area contributed by atoms with Gasteiger partial charge in [0.05, 0.1) is 0 Å². The maximum absolute atomic E-state index is 13.2. The zero-order valence-corrected chi connectivity index (χ0v) is 12.5. The minimum absolute atomic E-state index is 0.0600. The van der Waals surface area contributed by atoms with E-state index in [1.165, 1.54) is 22.8 Å². The van der Waals surface area contributed by atoms with E-state index in [2.05, 4.69) is 5.32 Å². The highest BCUT2D eigenvalue weighted by Crippen LogP contribution is 2.19. The number of pyridine rings is 1. The van der Waals surface area contributed by atoms with Crippen LogP contribution in [-0.2, 0) is 11.3 Å². The standard InChI is InChI=1S/C17H19FN2O2/c1-13(14-5-4-6-15(18)12-14)11-16(21)19-8-10-20-9-3-2-7-17(20)22/h2-7,9,12-13H,8,10-11H2,1H3,(H,19,21)/t13-/m0/s1. The molecule has 1 aromatic carbocycles. The van der Waals surface area contributed by atoms with Crippen molar-refractivity contribution < 1.29 is 9.18 Å². The van der Waals surface area contributed by atoms with Gasteiger partial charge in [0.25, 0.3) is 5.56 Å². The van der Waals surface area contributed by atoms with Crippen LogP contribution < -0.4 is 10.9 Å². The van der Waals surface area contributed by atoms with Crippen molar-refractivity contribution in [3.05, 3.63) is 70.4 Å². The smallest absolute Gasteiger partial charge is 0.250 e. The molecule has 0 radical (unpaired) electrons. The number of carbonyl (C=O) groups is 1. The van der Waals surface area contributed by atoms with Gasteiger partial charge in [0.15, 0.2) is 0 Å². The molecule has 1 N–H and O–H groups in total. The molecule has 0 aliphatic rings. The van der Waals surface area contributed by atoms with E-state index in [0.717, 1.165) is 5.56 Å². The Bertz CT molecular complexity index is 697. The van der Waals surface area contributed by atoms with Gasteiger partial charge in [-0.25, -0.2) is 4.39 Å². The van der Waals surface area contributed by atoms with E-state index in [4.69, 9.17) is 0 Å². The Hall–Kier alpha value is -2.43. The minimum Gasteiger partial charge on any atom is -0.354 e. The van der Waals surface area contributed by atoms with Gasteiger partial charge in [0, 0.05) is 31.8 Å². The topological polar surface area (TPSA) is 51.1 Å². The Balaban J connectivity index is 1.81. The van der Waals surface area contributed by atoms with Gasteiger partial charge >= 0.3 is 0 Å². The van der Waals surface area contributed by atoms with E-state index < -0.39 is 0 Å². The van der Waals surface area contributed by atoms with Crippen LogP contribution in [0.25, 0.3) is 0 Å². The third kappa shape index (κ3) is 4.55. The molecule has 2 aromatic rings. The maximum Gasteiger partial charge on any atom is 0.250 e. The average Bonchev–Trinajstić information content (AvgIpc) is 2.49. The molecule has 0 bridgehead atoms. The zero-order valence-electron chi connectivity index (χ0n) is 12.5. The van der Waals surface area contributed by atoms with Gasteiger partial charge in [0.2, 0.25) is 5.91 Å². The summed E-state index contributed by atoms with van der Waals surface area (Å²) >= 11 is 0. The Morgan fingerprint density at radius 2 is 2.09 bits per heavy atom. The predicted molar refractivity (Wildman–Crippen MR) is 83.1 cm³/mol. The first-order valence-electron chi connectivity index (χ1n) is 7.24. The number of hydrogen-bond acceptors (Lipinski definition) is 2. The van der Waals surface area contributed by atoms with E-state index in [0.29, 0.717) is 13.1 Å². The van der Waals surface area contributed by atoms with Gasteiger partial charge in [-0.15, -0.1) is 0 Å². The van der Waals surface area contributed by atoms with E-state index in [9.17, 15) is 14.0 Å². The van der Waals surface area contributed by atoms with Crippen LogP contribution in [0.4, 0.5) is 4.39 Å². The summed E-state index contributed by atoms with van der Waals surface area (Å²) in [5.41, 5.74) is 0.708. The lowest BCUT2D eigenvalue weighted by atomic mass is 9.97. The summed E-state index contributed by atoms with van der Waals surface area (Å²) in [6.07, 6.45) is 1.97. The zero-order chi connectivity index (χ0) is 15.9. The van der Waals surface area contributed by atoms with Crippen LogP contribution in [0.3, 0.4) is 0 Å². The summed E-state index contributed by atoms with van der Waals surface area (Å²) in [5, 5.41) is 2.78. The molecule has 0 fully saturated rings. The number of hydrogen-bond donors (Lipinski definition) is 1. The number of rotatable bonds is 6. The molecule has 0 spiro atoms. The Morgan fingerprint density at radius 1 is 1.27 bits per heavy atom. The van der Waals surface area contributed by atoms with Crippen molar-refractivity contribution in [2.24, 2.45) is 0 Å². The van der Waals surface area contributed by atoms with Crippen molar-refractivity contribution in [3.63, 3.8) is 0 Å². The lowest BCUT2D eigenvalue weighted by molar-refractivity contribution is -0.121. The molecule has 2 rings (SSSR count). The van der Waals surface area contributed by atoms with Crippen LogP contribution in [0.2, 0.25) is 0 Å². The highest BCUT2D eigenvalue weighted by atomic mass is 19.1. The number of halogens is 1. The SMILES string of the molecule is C[C@@H](CC(=O)NCCn1ccccc1=O)c1cccc(F)c1. The Labute approximate surface area is 128 Å². The monoisotopic (exact) mass is 302 g/mol. The van der Waals surface area contributed by atoms with Crippen molar-refractivity contribution in [2.45, 2.75) is 25.8 Å². The van der Waals surface area contributed by atoms with E-state index in [1.54, 1.807) is 24.4 Å². The van der Waals surface area contributed by atoms with Gasteiger partial charge in [-0.2, -0.15) is 0 Å². The van der Waals surface area contributed by atoms with Crippen molar-refractivity contribution in [1.82, 2.24) is 9.88 Å². The molecule has 1 atom stereocenters. The Kier molecular flexibility index (Phi) is 5.47. The largest absolute Gasteiger partial charge is 0.354 e. The minimum atomic E-state index is -0.298. The molecule has 0 saturated heterocycles. The first-order chi connectivity index (χ1) is 10.6. The molecular formula is C17H19FN2O2. The third-order valence-corrected chi connectivity index (χ3v) is 3.48. The highest BCUT2D eigenvalue weighted by Gasteiger charge is 2.11. The third-order valence-electron chi connectivity index (χ3n) is 3.48. The summed E-state index contributed by atoms with van der Waals surface area (Å²) in [5.74, 6) is -0.468. The van der Waals surface area contributed by atoms with Gasteiger partial charge in [-0.1, -0.05) is 25.1 Å². The first-order valence-corrected chi connectivity index (χ1v) is 7.24. The summed E-state index contributed by atoms with van der Waals surface area (Å²) < 4.78 is 14.7. The number of benzene rings is 1. The molecule has 1 aromatic heterocycles. The number of carbonyl (C=O) groups excluding carboxylic acids is 1. The second-order valence-electron chi connectivity index (χ2n) is 5.24. The molecule has 0 unspecified atom stereocenters. The van der Waals surface area contributed by atoms with E-state index in [-0.39, 0.29) is 29.6 Å². The number of nitrogens with one attached hydrogen (secondary N) is 1. The molecule has 22 heavy (non-hydrogen) atoms. The van der Waals surface area contributed by atoms with Crippen LogP contribution >= 0.6 is 0 Å². The van der Waals surface area contributed by atoms with Gasteiger partial charge in [-0.05, 0) is 29.7 Å². The fourth-order valence-electron chi connectivity index (χ4n) is 2.24. The predicted octanol–water partition coefficient (Wildman–Crippen LogP) is 2.30. The second-order valence-corrected chi connectivity index (χ2v) is 5.24. The molecular weight excluding hydrogens is 283 g/mol. The maximum atomic E-state index is 13.2. The van der Waals surface area contributed by atoms with Crippen molar-refractivity contribution in [1.29, 1.82) is 0 Å². The number of nitrogens with zero attached hydrogens (tertiary/aromatic N) is 1. The molecule has 0 aliphatic heterocycles. The van der Waals surface area contributed by atoms with Crippen LogP contribution in [-0.4, -0.2) is 17.0 Å². The lowest BCUT2D eigenvalue weighted by Crippen LogP contribution is -2.30. The summed E-state index contributed by atoms with van der Waals surface area (Å²) in [7, 11) is 0. The molecule has 1 amide bonds. The highest BCUT2D eigenvalue weighted by molar-refractivity contribution is 5.76. The van der Waals surface area contributed by atoms with Crippen molar-refractivity contribution in [3.8, 4) is 0 Å². The fourth-order valence-corrected chi connectivity index (χ4v) is 2.24. The summed E-state index contributed by atoms with van der Waals surface area (Å²) in [6.45, 7) is 2.70. The molecule has 1 heterocycles. The quantitative estimate of drug-likeness (QED) is 0.890. The molecule has 0 saturated carbocycles. The molecule has 5 heteroatoms. The normalized spacial score (nSPS) is 11.9. The van der Waals surface area contributed by atoms with E-state index in [1.807, 2.05) is 13.0 Å². The van der Waals surface area contributed by atoms with Crippen LogP contribution in [0.1, 0.15) is 24.8 Å². The van der Waals surface area contributed by atoms with Gasteiger partial charge in [-0.3, -0.25) is 9.59 Å². The van der Waals surface area contributed by atoms with Crippen LogP contribution in [0, 0.1) is 5.82 Å². The van der Waals surface area contributed by atoms with Crippen molar-refractivity contribution >= 4 is 5.91 Å². The van der Waals surface area contributed by atoms with E-state index >= 15 is 0 Å². The summed E-state index contributed by atoms with van der Waals surface area (Å²) in [4.78, 5) is 23.4. The van der Waals surface area contributed by atoms with Crippen LogP contribution in [0.5, 0.6) is 0 Å². The molecule has 116 valence electrons. The summed E-state index contributed by atoms with van der Waals surface area (Å²) in [6, 6.07) is 11.2. The molecule has 0 aliphatic carbocycles. The fraction of sp³-hybridized carbons (Fsp3) is 0.294. The van der Waals surface area contributed by atoms with Crippen molar-refractivity contribution in [2.75, 3.05) is 6.54 Å². The molecule has 4 nitrogen and oxygen atoms in total.